The van der Waals surface area contributed by atoms with Crippen molar-refractivity contribution >= 4 is 5.84 Å². The number of aryl methyl sites for hydroxylation is 1. The Morgan fingerprint density at radius 3 is 3.12 bits per heavy atom. The van der Waals surface area contributed by atoms with E-state index in [9.17, 15) is 0 Å². The topological polar surface area (TPSA) is 37.3 Å². The summed E-state index contributed by atoms with van der Waals surface area (Å²) in [6.45, 7) is 3.95. The molecule has 0 radical (unpaired) electrons. The van der Waals surface area contributed by atoms with E-state index in [1.54, 1.807) is 0 Å². The maximum Gasteiger partial charge on any atom is 0.0965 e. The van der Waals surface area contributed by atoms with E-state index in [-0.39, 0.29) is 0 Å². The second-order valence-corrected chi connectivity index (χ2v) is 4.29. The third-order valence-electron chi connectivity index (χ3n) is 2.99. The van der Waals surface area contributed by atoms with Gasteiger partial charge in [-0.3, -0.25) is 9.98 Å². The van der Waals surface area contributed by atoms with Crippen molar-refractivity contribution in [3.63, 3.8) is 0 Å². The minimum absolute atomic E-state index is 0.868. The molecule has 0 amide bonds. The molecule has 1 aromatic heterocycles. The van der Waals surface area contributed by atoms with Gasteiger partial charge in [0.25, 0.3) is 0 Å². The normalized spacial score (nSPS) is 16.4. The van der Waals surface area contributed by atoms with Crippen LogP contribution in [0.2, 0.25) is 0 Å². The largest absolute Gasteiger partial charge is 0.370 e. The molecule has 0 saturated heterocycles. The van der Waals surface area contributed by atoms with Crippen molar-refractivity contribution in [1.82, 2.24) is 10.3 Å². The molecule has 0 aromatic carbocycles. The van der Waals surface area contributed by atoms with Crippen LogP contribution >= 0.6 is 0 Å². The van der Waals surface area contributed by atoms with Crippen molar-refractivity contribution in [2.24, 2.45) is 4.99 Å². The summed E-state index contributed by atoms with van der Waals surface area (Å²) in [7, 11) is 0. The smallest absolute Gasteiger partial charge is 0.0965 e. The van der Waals surface area contributed by atoms with Crippen LogP contribution in [-0.4, -0.2) is 17.4 Å². The molecule has 0 spiro atoms. The Bertz CT molecular complexity index is 371. The number of aromatic nitrogens is 1. The number of rotatable bonds is 2. The second kappa shape index (κ2) is 5.64. The van der Waals surface area contributed by atoms with Crippen LogP contribution in [0.4, 0.5) is 0 Å². The Hall–Kier alpha value is -1.38. The molecular weight excluding hydrogens is 198 g/mol. The molecule has 0 saturated carbocycles. The van der Waals surface area contributed by atoms with Gasteiger partial charge in [-0.25, -0.2) is 0 Å². The molecule has 1 N–H and O–H groups in total. The second-order valence-electron chi connectivity index (χ2n) is 4.29. The van der Waals surface area contributed by atoms with Crippen molar-refractivity contribution in [3.8, 4) is 0 Å². The van der Waals surface area contributed by atoms with E-state index in [1.807, 2.05) is 12.4 Å². The Morgan fingerprint density at radius 2 is 2.25 bits per heavy atom. The van der Waals surface area contributed by atoms with Crippen molar-refractivity contribution in [3.05, 3.63) is 29.6 Å². The highest BCUT2D eigenvalue weighted by Gasteiger charge is 2.04. The molecule has 0 atom stereocenters. The molecule has 0 aliphatic carbocycles. The van der Waals surface area contributed by atoms with E-state index < -0.39 is 0 Å². The van der Waals surface area contributed by atoms with Gasteiger partial charge in [0.15, 0.2) is 0 Å². The van der Waals surface area contributed by atoms with Gasteiger partial charge in [0.05, 0.1) is 5.84 Å². The summed E-state index contributed by atoms with van der Waals surface area (Å²) in [5.41, 5.74) is 2.55. The van der Waals surface area contributed by atoms with Crippen LogP contribution in [0.3, 0.4) is 0 Å². The molecule has 1 aliphatic rings. The highest BCUT2D eigenvalue weighted by atomic mass is 15.0. The zero-order valence-corrected chi connectivity index (χ0v) is 9.87. The van der Waals surface area contributed by atoms with E-state index in [0.717, 1.165) is 19.5 Å². The fourth-order valence-electron chi connectivity index (χ4n) is 1.92. The number of nitrogens with zero attached hydrogens (tertiary/aromatic N) is 2. The lowest BCUT2D eigenvalue weighted by Gasteiger charge is -2.09. The zero-order chi connectivity index (χ0) is 11.2. The van der Waals surface area contributed by atoms with Gasteiger partial charge < -0.3 is 5.32 Å². The van der Waals surface area contributed by atoms with Gasteiger partial charge in [0, 0.05) is 31.9 Å². The minimum atomic E-state index is 0.868. The number of pyridine rings is 1. The Balaban J connectivity index is 1.91. The van der Waals surface area contributed by atoms with Crippen LogP contribution in [0.1, 0.15) is 36.8 Å². The predicted octanol–water partition coefficient (Wildman–Crippen LogP) is 2.45. The Kier molecular flexibility index (Phi) is 3.91. The number of hydrogen-bond acceptors (Lipinski definition) is 3. The van der Waals surface area contributed by atoms with E-state index in [1.165, 1.54) is 36.2 Å². The lowest BCUT2D eigenvalue weighted by Crippen LogP contribution is -2.23. The van der Waals surface area contributed by atoms with E-state index in [4.69, 9.17) is 0 Å². The summed E-state index contributed by atoms with van der Waals surface area (Å²) in [6, 6.07) is 2.07. The highest BCUT2D eigenvalue weighted by Crippen LogP contribution is 2.08. The lowest BCUT2D eigenvalue weighted by molar-refractivity contribution is 0.728. The van der Waals surface area contributed by atoms with Gasteiger partial charge in [0.2, 0.25) is 0 Å². The molecule has 1 aliphatic heterocycles. The SMILES string of the molecule is Cc1cnccc1CNC1=NCCCCC1. The predicted molar refractivity (Wildman–Crippen MR) is 66.6 cm³/mol. The molecule has 0 unspecified atom stereocenters. The minimum Gasteiger partial charge on any atom is -0.370 e. The van der Waals surface area contributed by atoms with Gasteiger partial charge in [-0.2, -0.15) is 0 Å². The molecule has 86 valence electrons. The standard InChI is InChI=1S/C13H19N3/c1-11-9-14-8-6-12(11)10-16-13-5-3-2-4-7-15-13/h6,8-9H,2-5,7,10H2,1H3,(H,15,16). The van der Waals surface area contributed by atoms with Crippen molar-refractivity contribution in [2.75, 3.05) is 6.54 Å². The number of amidine groups is 1. The van der Waals surface area contributed by atoms with Gasteiger partial charge in [-0.15, -0.1) is 0 Å². The summed E-state index contributed by atoms with van der Waals surface area (Å²) < 4.78 is 0. The van der Waals surface area contributed by atoms with E-state index in [2.05, 4.69) is 28.3 Å². The maximum absolute atomic E-state index is 4.56. The fraction of sp³-hybridized carbons (Fsp3) is 0.538. The molecule has 0 fully saturated rings. The summed E-state index contributed by atoms with van der Waals surface area (Å²) in [5, 5.41) is 3.44. The highest BCUT2D eigenvalue weighted by molar-refractivity contribution is 5.82. The van der Waals surface area contributed by atoms with Crippen LogP contribution in [-0.2, 0) is 6.54 Å². The third kappa shape index (κ3) is 3.05. The van der Waals surface area contributed by atoms with Crippen molar-refractivity contribution in [1.29, 1.82) is 0 Å². The monoisotopic (exact) mass is 217 g/mol. The number of hydrogen-bond donors (Lipinski definition) is 1. The van der Waals surface area contributed by atoms with Gasteiger partial charge in [0.1, 0.15) is 0 Å². The third-order valence-corrected chi connectivity index (χ3v) is 2.99. The quantitative estimate of drug-likeness (QED) is 0.826. The lowest BCUT2D eigenvalue weighted by atomic mass is 10.1. The molecule has 2 heterocycles. The van der Waals surface area contributed by atoms with Crippen molar-refractivity contribution < 1.29 is 0 Å². The molecule has 3 heteroatoms. The van der Waals surface area contributed by atoms with Crippen molar-refractivity contribution in [2.45, 2.75) is 39.2 Å². The Morgan fingerprint density at radius 1 is 1.31 bits per heavy atom. The fourth-order valence-corrected chi connectivity index (χ4v) is 1.92. The first kappa shape index (κ1) is 11.1. The van der Waals surface area contributed by atoms with Crippen LogP contribution < -0.4 is 5.32 Å². The average molecular weight is 217 g/mol. The zero-order valence-electron chi connectivity index (χ0n) is 9.87. The first-order valence-corrected chi connectivity index (χ1v) is 6.03. The van der Waals surface area contributed by atoms with Crippen LogP contribution in [0.25, 0.3) is 0 Å². The Labute approximate surface area is 97.0 Å². The van der Waals surface area contributed by atoms with Crippen LogP contribution in [0.5, 0.6) is 0 Å². The molecule has 2 rings (SSSR count). The first-order chi connectivity index (χ1) is 7.86. The summed E-state index contributed by atoms with van der Waals surface area (Å²) in [5.74, 6) is 1.17. The summed E-state index contributed by atoms with van der Waals surface area (Å²) >= 11 is 0. The molecule has 3 nitrogen and oxygen atoms in total. The summed E-state index contributed by atoms with van der Waals surface area (Å²) in [6.07, 6.45) is 8.67. The van der Waals surface area contributed by atoms with Crippen LogP contribution in [0.15, 0.2) is 23.5 Å². The summed E-state index contributed by atoms with van der Waals surface area (Å²) in [4.78, 5) is 8.65. The van der Waals surface area contributed by atoms with E-state index in [0.29, 0.717) is 0 Å². The van der Waals surface area contributed by atoms with Gasteiger partial charge in [-0.1, -0.05) is 6.42 Å². The first-order valence-electron chi connectivity index (χ1n) is 6.03. The maximum atomic E-state index is 4.56. The number of aliphatic imine (C=N–C) groups is 1. The molecule has 0 bridgehead atoms. The van der Waals surface area contributed by atoms with Crippen LogP contribution in [0, 0.1) is 6.92 Å². The van der Waals surface area contributed by atoms with Gasteiger partial charge >= 0.3 is 0 Å². The molecule has 1 aromatic rings. The average Bonchev–Trinajstić information content (AvgIpc) is 2.56. The number of nitrogens with one attached hydrogen (secondary N) is 1. The molecular formula is C13H19N3. The molecule has 16 heavy (non-hydrogen) atoms. The van der Waals surface area contributed by atoms with Gasteiger partial charge in [-0.05, 0) is 37.0 Å². The van der Waals surface area contributed by atoms with E-state index >= 15 is 0 Å².